The zero-order valence-corrected chi connectivity index (χ0v) is 24.1. The molecule has 0 saturated heterocycles. The summed E-state index contributed by atoms with van der Waals surface area (Å²) >= 11 is 0. The van der Waals surface area contributed by atoms with Crippen molar-refractivity contribution in [3.8, 4) is 40.1 Å². The summed E-state index contributed by atoms with van der Waals surface area (Å²) in [5, 5.41) is 6.31. The molecule has 2 aliphatic rings. The number of hydrogen-bond donors (Lipinski definition) is 1. The summed E-state index contributed by atoms with van der Waals surface area (Å²) in [6.07, 6.45) is -9.52. The summed E-state index contributed by atoms with van der Waals surface area (Å²) in [4.78, 5) is 14.9. The van der Waals surface area contributed by atoms with E-state index >= 15 is 4.39 Å². The van der Waals surface area contributed by atoms with Crippen molar-refractivity contribution in [2.24, 2.45) is 0 Å². The predicted molar refractivity (Wildman–Crippen MR) is 149 cm³/mol. The lowest BCUT2D eigenvalue weighted by Crippen LogP contribution is -2.25. The van der Waals surface area contributed by atoms with E-state index in [-0.39, 0.29) is 46.4 Å². The van der Waals surface area contributed by atoms with E-state index in [1.54, 1.807) is 24.3 Å². The largest absolute Gasteiger partial charge is 0.586 e. The van der Waals surface area contributed by atoms with Crippen LogP contribution in [0, 0.1) is 5.82 Å². The van der Waals surface area contributed by atoms with E-state index in [1.807, 2.05) is 0 Å². The van der Waals surface area contributed by atoms with E-state index in [9.17, 15) is 26.7 Å². The average Bonchev–Trinajstić information content (AvgIpc) is 3.72. The molecule has 16 heteroatoms. The van der Waals surface area contributed by atoms with Crippen LogP contribution in [-0.2, 0) is 12.6 Å². The van der Waals surface area contributed by atoms with Gasteiger partial charge in [0.2, 0.25) is 0 Å². The van der Waals surface area contributed by atoms with Crippen molar-refractivity contribution in [2.45, 2.75) is 50.9 Å². The molecule has 0 radical (unpaired) electrons. The molecular formula is C31H22F6N4O6. The molecule has 10 nitrogen and oxygen atoms in total. The lowest BCUT2D eigenvalue weighted by molar-refractivity contribution is -0.286. The molecule has 7 rings (SSSR count). The van der Waals surface area contributed by atoms with Gasteiger partial charge in [0.1, 0.15) is 18.0 Å². The molecule has 0 saturated carbocycles. The van der Waals surface area contributed by atoms with Crippen molar-refractivity contribution in [1.29, 1.82) is 0 Å². The Balaban J connectivity index is 1.20. The number of H-pyrrole nitrogens is 1. The molecule has 0 bridgehead atoms. The Bertz CT molecular complexity index is 2020. The van der Waals surface area contributed by atoms with E-state index < -0.39 is 41.9 Å². The molecule has 5 aromatic rings. The lowest BCUT2D eigenvalue weighted by atomic mass is 9.93. The maximum absolute atomic E-state index is 15.0. The van der Waals surface area contributed by atoms with Gasteiger partial charge in [-0.05, 0) is 80.3 Å². The topological polar surface area (TPSA) is 114 Å². The summed E-state index contributed by atoms with van der Waals surface area (Å²) in [6, 6.07) is 13.8. The highest BCUT2D eigenvalue weighted by atomic mass is 19.4. The van der Waals surface area contributed by atoms with Gasteiger partial charge in [-0.2, -0.15) is 28.4 Å². The minimum Gasteiger partial charge on any atom is -0.484 e. The first kappa shape index (κ1) is 30.3. The number of hydrogen-bond acceptors (Lipinski definition) is 8. The highest BCUT2D eigenvalue weighted by Gasteiger charge is 2.44. The van der Waals surface area contributed by atoms with E-state index in [2.05, 4.69) is 29.2 Å². The number of fused-ring (bicyclic) bond motifs is 2. The van der Waals surface area contributed by atoms with E-state index in [1.165, 1.54) is 37.3 Å². The molecule has 0 fully saturated rings. The maximum atomic E-state index is 15.0. The van der Waals surface area contributed by atoms with Gasteiger partial charge in [0.25, 0.3) is 0 Å². The van der Waals surface area contributed by atoms with Gasteiger partial charge in [-0.15, -0.1) is 8.78 Å². The van der Waals surface area contributed by atoms with Crippen molar-refractivity contribution < 1.29 is 49.8 Å². The van der Waals surface area contributed by atoms with Crippen LogP contribution < -0.4 is 24.7 Å². The SMILES string of the molecule is C[C@H](Oc1cc(-n2nc(C(F)(F)F)c3c2[C@@H](Oc2ccc(-c4nc(=O)o[nH]4)cc2)CCC3)ccc1F)c1ccc2c(c1)OC(F)(F)O2. The number of ether oxygens (including phenoxy) is 4. The fourth-order valence-electron chi connectivity index (χ4n) is 5.58. The molecule has 1 aliphatic carbocycles. The zero-order chi connectivity index (χ0) is 33.1. The minimum absolute atomic E-state index is 0.0390. The van der Waals surface area contributed by atoms with Crippen LogP contribution in [0.3, 0.4) is 0 Å². The second-order valence-electron chi connectivity index (χ2n) is 10.8. The Morgan fingerprint density at radius 1 is 1.04 bits per heavy atom. The molecule has 47 heavy (non-hydrogen) atoms. The summed E-state index contributed by atoms with van der Waals surface area (Å²) < 4.78 is 111. The number of nitrogens with one attached hydrogen (secondary N) is 1. The fraction of sp³-hybridized carbons (Fsp3) is 0.258. The van der Waals surface area contributed by atoms with Gasteiger partial charge >= 0.3 is 18.2 Å². The average molecular weight is 661 g/mol. The van der Waals surface area contributed by atoms with Crippen LogP contribution >= 0.6 is 0 Å². The molecule has 3 aromatic carbocycles. The van der Waals surface area contributed by atoms with Gasteiger partial charge in [0.05, 0.1) is 11.4 Å². The Hall–Kier alpha value is -5.41. The molecular weight excluding hydrogens is 638 g/mol. The second kappa shape index (κ2) is 11.1. The van der Waals surface area contributed by atoms with Gasteiger partial charge < -0.3 is 23.5 Å². The zero-order valence-electron chi connectivity index (χ0n) is 24.1. The first-order valence-corrected chi connectivity index (χ1v) is 14.2. The first-order valence-electron chi connectivity index (χ1n) is 14.2. The second-order valence-corrected chi connectivity index (χ2v) is 10.8. The fourth-order valence-corrected chi connectivity index (χ4v) is 5.58. The number of alkyl halides is 5. The Morgan fingerprint density at radius 2 is 1.81 bits per heavy atom. The van der Waals surface area contributed by atoms with E-state index in [0.29, 0.717) is 29.7 Å². The van der Waals surface area contributed by atoms with Crippen molar-refractivity contribution in [3.63, 3.8) is 0 Å². The molecule has 2 aromatic heterocycles. The molecule has 1 aliphatic heterocycles. The standard InChI is InChI=1S/C31H22F6N4O6/c1-15(17-7-12-22-25(13-17)46-31(36,37)45-22)43-24-14-18(8-11-21(24)32)41-26-20(27(39-41)30(33,34)35)3-2-4-23(26)44-19-9-5-16(6-10-19)28-38-29(42)47-40-28/h5-15,23H,2-4H2,1H3,(H,38,40,42)/t15-,23-/m0/s1. The van der Waals surface area contributed by atoms with Gasteiger partial charge in [-0.25, -0.2) is 13.9 Å². The highest BCUT2D eigenvalue weighted by Crippen LogP contribution is 2.44. The number of benzene rings is 3. The number of aromatic nitrogens is 4. The van der Waals surface area contributed by atoms with Crippen molar-refractivity contribution in [3.05, 3.63) is 99.5 Å². The number of rotatable bonds is 7. The van der Waals surface area contributed by atoms with Crippen molar-refractivity contribution >= 4 is 0 Å². The minimum atomic E-state index is -4.78. The van der Waals surface area contributed by atoms with E-state index in [4.69, 9.17) is 9.47 Å². The van der Waals surface area contributed by atoms with Crippen LogP contribution in [0.5, 0.6) is 23.0 Å². The number of nitrogens with zero attached hydrogens (tertiary/aromatic N) is 3. The van der Waals surface area contributed by atoms with E-state index in [0.717, 1.165) is 10.7 Å². The third-order valence-corrected chi connectivity index (χ3v) is 7.69. The van der Waals surface area contributed by atoms with Crippen molar-refractivity contribution in [1.82, 2.24) is 19.9 Å². The molecule has 1 N–H and O–H groups in total. The van der Waals surface area contributed by atoms with Crippen LogP contribution in [0.15, 0.2) is 70.0 Å². The summed E-state index contributed by atoms with van der Waals surface area (Å²) in [5.74, 6) is -1.81. The van der Waals surface area contributed by atoms with Crippen LogP contribution in [0.4, 0.5) is 26.3 Å². The smallest absolute Gasteiger partial charge is 0.484 e. The van der Waals surface area contributed by atoms with Crippen LogP contribution in [0.1, 0.15) is 54.5 Å². The van der Waals surface area contributed by atoms with Gasteiger partial charge in [0.15, 0.2) is 34.6 Å². The van der Waals surface area contributed by atoms with Crippen LogP contribution in [-0.4, -0.2) is 26.2 Å². The van der Waals surface area contributed by atoms with Gasteiger partial charge in [0, 0.05) is 17.2 Å². The Kier molecular flexibility index (Phi) is 7.17. The summed E-state index contributed by atoms with van der Waals surface area (Å²) in [5.41, 5.74) is -0.0302. The molecule has 2 atom stereocenters. The molecule has 3 heterocycles. The van der Waals surface area contributed by atoms with Crippen molar-refractivity contribution in [2.75, 3.05) is 0 Å². The maximum Gasteiger partial charge on any atom is 0.586 e. The Morgan fingerprint density at radius 3 is 2.53 bits per heavy atom. The van der Waals surface area contributed by atoms with Crippen LogP contribution in [0.25, 0.3) is 17.1 Å². The first-order chi connectivity index (χ1) is 22.3. The quantitative estimate of drug-likeness (QED) is 0.181. The van der Waals surface area contributed by atoms with Crippen LogP contribution in [0.2, 0.25) is 0 Å². The normalized spacial score (nSPS) is 17.3. The molecule has 0 amide bonds. The Labute approximate surface area is 260 Å². The third-order valence-electron chi connectivity index (χ3n) is 7.69. The third kappa shape index (κ3) is 5.86. The number of aromatic amines is 1. The van der Waals surface area contributed by atoms with Gasteiger partial charge in [-0.1, -0.05) is 6.07 Å². The molecule has 0 spiro atoms. The lowest BCUT2D eigenvalue weighted by Gasteiger charge is -2.26. The monoisotopic (exact) mass is 660 g/mol. The van der Waals surface area contributed by atoms with Gasteiger partial charge in [-0.3, -0.25) is 0 Å². The highest BCUT2D eigenvalue weighted by molar-refractivity contribution is 5.55. The predicted octanol–water partition coefficient (Wildman–Crippen LogP) is 7.29. The number of halogens is 6. The molecule has 0 unspecified atom stereocenters. The summed E-state index contributed by atoms with van der Waals surface area (Å²) in [6.45, 7) is 1.54. The summed E-state index contributed by atoms with van der Waals surface area (Å²) in [7, 11) is 0. The molecule has 244 valence electrons.